The lowest BCUT2D eigenvalue weighted by atomic mass is 10.1. The van der Waals surface area contributed by atoms with Gasteiger partial charge >= 0.3 is 19.8 Å². The predicted molar refractivity (Wildman–Crippen MR) is 70.7 cm³/mol. The van der Waals surface area contributed by atoms with E-state index in [0.29, 0.717) is 0 Å². The Labute approximate surface area is 130 Å². The number of esters is 1. The number of hydrogen-bond acceptors (Lipinski definition) is 8. The minimum atomic E-state index is -4.68. The van der Waals surface area contributed by atoms with E-state index in [1.54, 1.807) is 16.8 Å². The second-order valence-corrected chi connectivity index (χ2v) is 6.29. The van der Waals surface area contributed by atoms with E-state index in [2.05, 4.69) is 9.51 Å². The molecule has 3 rings (SSSR count). The number of nitrogen functional groups attached to an aromatic ring is 1. The van der Waals surface area contributed by atoms with Crippen molar-refractivity contribution in [3.8, 4) is 6.01 Å². The minimum Gasteiger partial charge on any atom is -0.455 e. The molecule has 2 aliphatic rings. The highest BCUT2D eigenvalue weighted by Crippen LogP contribution is 2.40. The van der Waals surface area contributed by atoms with Crippen LogP contribution in [0.5, 0.6) is 6.01 Å². The number of anilines is 1. The molecule has 0 saturated carbocycles. The van der Waals surface area contributed by atoms with Crippen molar-refractivity contribution < 1.29 is 42.4 Å². The number of hydrogen-bond donors (Lipinski definition) is 3. The van der Waals surface area contributed by atoms with Crippen molar-refractivity contribution in [1.29, 1.82) is 0 Å². The van der Waals surface area contributed by atoms with Gasteiger partial charge in [0.1, 0.15) is 12.3 Å². The van der Waals surface area contributed by atoms with Crippen molar-refractivity contribution in [2.75, 3.05) is 12.3 Å². The van der Waals surface area contributed by atoms with Crippen LogP contribution in [0.1, 0.15) is 13.2 Å². The number of phosphoric acid groups is 1. The first-order chi connectivity index (χ1) is 10.7. The van der Waals surface area contributed by atoms with Gasteiger partial charge in [0.2, 0.25) is 18.1 Å². The predicted octanol–water partition coefficient (Wildman–Crippen LogP) is -1.35. The molecule has 0 unspecified atom stereocenters. The first-order valence-electron chi connectivity index (χ1n) is 6.62. The van der Waals surface area contributed by atoms with Crippen LogP contribution in [0.4, 0.5) is 5.82 Å². The molecule has 0 aromatic carbocycles. The highest BCUT2D eigenvalue weighted by atomic mass is 31.2. The van der Waals surface area contributed by atoms with Crippen LogP contribution in [0.3, 0.4) is 0 Å². The number of rotatable bonds is 4. The average molecular weight is 348 g/mol. The SMILES string of the molecule is CC(=O)O[C@H]1[C@H]2Oc3nc(N)cc[n+]3[C@@H]2O[C@@H]1COP(=O)(O)O. The largest absolute Gasteiger partial charge is 0.503 e. The number of aromatic nitrogens is 2. The van der Waals surface area contributed by atoms with Crippen molar-refractivity contribution in [3.63, 3.8) is 0 Å². The van der Waals surface area contributed by atoms with Gasteiger partial charge in [-0.1, -0.05) is 0 Å². The highest BCUT2D eigenvalue weighted by Gasteiger charge is 2.58. The monoisotopic (exact) mass is 348 g/mol. The first-order valence-corrected chi connectivity index (χ1v) is 8.15. The minimum absolute atomic E-state index is 0.200. The van der Waals surface area contributed by atoms with Gasteiger partial charge in [0.15, 0.2) is 6.10 Å². The smallest absolute Gasteiger partial charge is 0.455 e. The van der Waals surface area contributed by atoms with Gasteiger partial charge in [0, 0.05) is 18.0 Å². The fraction of sp³-hybridized carbons (Fsp3) is 0.545. The summed E-state index contributed by atoms with van der Waals surface area (Å²) in [6.45, 7) is 0.747. The Morgan fingerprint density at radius 2 is 2.30 bits per heavy atom. The Morgan fingerprint density at radius 1 is 1.57 bits per heavy atom. The Bertz CT molecular complexity index is 679. The third-order valence-electron chi connectivity index (χ3n) is 3.36. The summed E-state index contributed by atoms with van der Waals surface area (Å²) >= 11 is 0. The van der Waals surface area contributed by atoms with E-state index < -0.39 is 44.9 Å². The summed E-state index contributed by atoms with van der Waals surface area (Å²) in [6.07, 6.45) is -1.61. The van der Waals surface area contributed by atoms with Crippen LogP contribution in [0, 0.1) is 0 Å². The van der Waals surface area contributed by atoms with Crippen LogP contribution in [0.15, 0.2) is 12.3 Å². The van der Waals surface area contributed by atoms with Gasteiger partial charge in [-0.2, -0.15) is 4.57 Å². The van der Waals surface area contributed by atoms with E-state index in [1.165, 1.54) is 6.92 Å². The maximum atomic E-state index is 11.3. The molecule has 126 valence electrons. The van der Waals surface area contributed by atoms with Gasteiger partial charge in [-0.15, -0.1) is 0 Å². The summed E-state index contributed by atoms with van der Waals surface area (Å²) in [5.74, 6) is -0.334. The van der Waals surface area contributed by atoms with Gasteiger partial charge in [-0.05, 0) is 0 Å². The van der Waals surface area contributed by atoms with E-state index in [-0.39, 0.29) is 11.8 Å². The van der Waals surface area contributed by atoms with Crippen molar-refractivity contribution in [3.05, 3.63) is 12.3 Å². The molecule has 1 aromatic heterocycles. The molecule has 12 heteroatoms. The molecule has 11 nitrogen and oxygen atoms in total. The fourth-order valence-electron chi connectivity index (χ4n) is 2.52. The molecule has 4 atom stereocenters. The zero-order valence-electron chi connectivity index (χ0n) is 11.9. The van der Waals surface area contributed by atoms with E-state index in [4.69, 9.17) is 29.7 Å². The molecule has 0 spiro atoms. The summed E-state index contributed by atoms with van der Waals surface area (Å²) in [7, 11) is -4.68. The number of carbonyl (C=O) groups is 1. The molecule has 2 aliphatic heterocycles. The highest BCUT2D eigenvalue weighted by molar-refractivity contribution is 7.46. The summed E-state index contributed by atoms with van der Waals surface area (Å²) < 4.78 is 33.3. The molecule has 0 aliphatic carbocycles. The van der Waals surface area contributed by atoms with Crippen LogP contribution in [0.2, 0.25) is 0 Å². The second kappa shape index (κ2) is 5.69. The van der Waals surface area contributed by atoms with Crippen molar-refractivity contribution in [1.82, 2.24) is 4.98 Å². The lowest BCUT2D eigenvalue weighted by Crippen LogP contribution is -2.40. The molecule has 1 saturated heterocycles. The summed E-state index contributed by atoms with van der Waals surface area (Å²) in [6, 6.07) is 1.74. The van der Waals surface area contributed by atoms with Crippen molar-refractivity contribution in [2.24, 2.45) is 0 Å². The normalized spacial score (nSPS) is 28.8. The number of phosphoric ester groups is 1. The van der Waals surface area contributed by atoms with Crippen LogP contribution < -0.4 is 15.0 Å². The third kappa shape index (κ3) is 3.28. The Hall–Kier alpha value is -1.78. The quantitative estimate of drug-likeness (QED) is 0.338. The molecule has 3 heterocycles. The molecular formula is C11H15N3O8P+. The molecule has 1 aromatic rings. The van der Waals surface area contributed by atoms with Crippen LogP contribution >= 0.6 is 7.82 Å². The molecule has 0 bridgehead atoms. The number of nitrogens with two attached hydrogens (primary N) is 1. The number of fused-ring (bicyclic) bond motifs is 3. The molecule has 1 fully saturated rings. The van der Waals surface area contributed by atoms with Gasteiger partial charge in [0.25, 0.3) is 0 Å². The third-order valence-corrected chi connectivity index (χ3v) is 3.85. The topological polar surface area (TPSA) is 154 Å². The van der Waals surface area contributed by atoms with Crippen LogP contribution in [0.25, 0.3) is 0 Å². The Kier molecular flexibility index (Phi) is 3.98. The number of nitrogens with zero attached hydrogens (tertiary/aromatic N) is 2. The van der Waals surface area contributed by atoms with Crippen LogP contribution in [-0.4, -0.2) is 45.7 Å². The summed E-state index contributed by atoms with van der Waals surface area (Å²) in [5.41, 5.74) is 5.58. The number of carbonyl (C=O) groups excluding carboxylic acids is 1. The Balaban J connectivity index is 1.82. The molecule has 0 amide bonds. The molecule has 4 N–H and O–H groups in total. The Morgan fingerprint density at radius 3 is 2.96 bits per heavy atom. The van der Waals surface area contributed by atoms with Gasteiger partial charge < -0.3 is 29.7 Å². The standard InChI is InChI=1S/C11H14N3O8P/c1-5(15)20-8-6(4-19-23(16,17)18)21-10-9(8)22-11-13-7(12)2-3-14(10)11/h2-3,6,8-10,12H,4H2,1H3,(H2,16,17,18)/p+1/t6-,8-,9-,10-/m1/s1. The molecular weight excluding hydrogens is 333 g/mol. The maximum Gasteiger partial charge on any atom is 0.503 e. The van der Waals surface area contributed by atoms with Crippen molar-refractivity contribution in [2.45, 2.75) is 31.5 Å². The number of ether oxygens (including phenoxy) is 3. The first kappa shape index (κ1) is 16.1. The van der Waals surface area contributed by atoms with Gasteiger partial charge in [-0.25, -0.2) is 4.57 Å². The molecule has 0 radical (unpaired) electrons. The summed E-state index contributed by atoms with van der Waals surface area (Å²) in [5, 5.41) is 0. The van der Waals surface area contributed by atoms with E-state index in [1.807, 2.05) is 0 Å². The zero-order valence-corrected chi connectivity index (χ0v) is 12.8. The lowest BCUT2D eigenvalue weighted by molar-refractivity contribution is -0.746. The average Bonchev–Trinajstić information content (AvgIpc) is 2.92. The fourth-order valence-corrected chi connectivity index (χ4v) is 2.87. The van der Waals surface area contributed by atoms with E-state index >= 15 is 0 Å². The van der Waals surface area contributed by atoms with E-state index in [9.17, 15) is 9.36 Å². The second-order valence-electron chi connectivity index (χ2n) is 5.05. The summed E-state index contributed by atoms with van der Waals surface area (Å²) in [4.78, 5) is 32.9. The molecule has 23 heavy (non-hydrogen) atoms. The van der Waals surface area contributed by atoms with Crippen molar-refractivity contribution >= 4 is 19.6 Å². The lowest BCUT2D eigenvalue weighted by Gasteiger charge is -2.20. The maximum absolute atomic E-state index is 11.3. The van der Waals surface area contributed by atoms with Crippen LogP contribution in [-0.2, 0) is 23.4 Å². The van der Waals surface area contributed by atoms with E-state index in [0.717, 1.165) is 0 Å². The van der Waals surface area contributed by atoms with Gasteiger partial charge in [-0.3, -0.25) is 9.32 Å². The van der Waals surface area contributed by atoms with Gasteiger partial charge in [0.05, 0.1) is 6.61 Å². The zero-order chi connectivity index (χ0) is 16.8.